The van der Waals surface area contributed by atoms with E-state index in [1.165, 1.54) is 45.3 Å². The minimum Gasteiger partial charge on any atom is -0.314 e. The second-order valence-electron chi connectivity index (χ2n) is 6.42. The summed E-state index contributed by atoms with van der Waals surface area (Å²) in [4.78, 5) is 2.52. The Morgan fingerprint density at radius 1 is 1.18 bits per heavy atom. The Morgan fingerprint density at radius 2 is 1.82 bits per heavy atom. The minimum atomic E-state index is 0.477. The Bertz CT molecular complexity index is 216. The summed E-state index contributed by atoms with van der Waals surface area (Å²) in [7, 11) is 0. The summed E-state index contributed by atoms with van der Waals surface area (Å²) in [6.07, 6.45) is 5.79. The molecular formula is C14H29N3. The number of rotatable bonds is 5. The number of nitrogens with zero attached hydrogens (tertiary/aromatic N) is 1. The third-order valence-corrected chi connectivity index (χ3v) is 4.59. The van der Waals surface area contributed by atoms with E-state index in [1.54, 1.807) is 0 Å². The van der Waals surface area contributed by atoms with Gasteiger partial charge in [-0.25, -0.2) is 0 Å². The van der Waals surface area contributed by atoms with Crippen molar-refractivity contribution in [1.29, 1.82) is 0 Å². The van der Waals surface area contributed by atoms with Gasteiger partial charge in [0, 0.05) is 39.4 Å². The molecule has 0 radical (unpaired) electrons. The van der Waals surface area contributed by atoms with E-state index in [2.05, 4.69) is 29.4 Å². The van der Waals surface area contributed by atoms with E-state index in [4.69, 9.17) is 0 Å². The van der Waals surface area contributed by atoms with Crippen molar-refractivity contribution in [3.8, 4) is 0 Å². The normalized spacial score (nSPS) is 24.4. The van der Waals surface area contributed by atoms with E-state index >= 15 is 0 Å². The van der Waals surface area contributed by atoms with Crippen molar-refractivity contribution in [1.82, 2.24) is 15.5 Å². The van der Waals surface area contributed by atoms with Crippen LogP contribution in [0.25, 0.3) is 0 Å². The topological polar surface area (TPSA) is 27.3 Å². The van der Waals surface area contributed by atoms with E-state index < -0.39 is 0 Å². The predicted molar refractivity (Wildman–Crippen MR) is 73.1 cm³/mol. The number of hydrogen-bond acceptors (Lipinski definition) is 3. The number of nitrogens with one attached hydrogen (secondary N) is 2. The van der Waals surface area contributed by atoms with Crippen molar-refractivity contribution in [2.24, 2.45) is 11.3 Å². The van der Waals surface area contributed by atoms with Crippen LogP contribution < -0.4 is 10.6 Å². The molecule has 0 unspecified atom stereocenters. The molecule has 2 aliphatic rings. The first-order valence-corrected chi connectivity index (χ1v) is 7.32. The Hall–Kier alpha value is -0.120. The molecule has 3 heteroatoms. The van der Waals surface area contributed by atoms with Crippen LogP contribution >= 0.6 is 0 Å². The molecule has 2 rings (SSSR count). The molecule has 0 amide bonds. The van der Waals surface area contributed by atoms with Gasteiger partial charge in [0.2, 0.25) is 0 Å². The van der Waals surface area contributed by atoms with Crippen LogP contribution in [-0.4, -0.2) is 44.3 Å². The largest absolute Gasteiger partial charge is 0.314 e. The highest BCUT2D eigenvalue weighted by atomic mass is 15.3. The number of piperazine rings is 1. The van der Waals surface area contributed by atoms with Crippen molar-refractivity contribution in [3.05, 3.63) is 0 Å². The Morgan fingerprint density at radius 3 is 2.47 bits per heavy atom. The average molecular weight is 239 g/mol. The van der Waals surface area contributed by atoms with Gasteiger partial charge in [-0.15, -0.1) is 0 Å². The maximum atomic E-state index is 3.67. The van der Waals surface area contributed by atoms with E-state index in [0.29, 0.717) is 5.41 Å². The SMILES string of the molecule is CC(C)(CNCN1CCNCC1)C1CCCC1. The van der Waals surface area contributed by atoms with Crippen LogP contribution in [0.4, 0.5) is 0 Å². The predicted octanol–water partition coefficient (Wildman–Crippen LogP) is 1.66. The highest BCUT2D eigenvalue weighted by molar-refractivity contribution is 4.84. The van der Waals surface area contributed by atoms with Gasteiger partial charge >= 0.3 is 0 Å². The molecule has 100 valence electrons. The van der Waals surface area contributed by atoms with Gasteiger partial charge in [-0.1, -0.05) is 26.7 Å². The van der Waals surface area contributed by atoms with Crippen LogP contribution in [0.3, 0.4) is 0 Å². The molecule has 1 saturated heterocycles. The van der Waals surface area contributed by atoms with Gasteiger partial charge in [-0.2, -0.15) is 0 Å². The molecule has 0 atom stereocenters. The lowest BCUT2D eigenvalue weighted by atomic mass is 9.78. The molecule has 2 N–H and O–H groups in total. The van der Waals surface area contributed by atoms with Gasteiger partial charge in [0.25, 0.3) is 0 Å². The summed E-state index contributed by atoms with van der Waals surface area (Å²) in [6.45, 7) is 11.8. The molecule has 1 heterocycles. The van der Waals surface area contributed by atoms with Gasteiger partial charge in [-0.05, 0) is 24.2 Å². The van der Waals surface area contributed by atoms with Gasteiger partial charge < -0.3 is 10.6 Å². The molecule has 17 heavy (non-hydrogen) atoms. The highest BCUT2D eigenvalue weighted by Gasteiger charge is 2.31. The zero-order valence-corrected chi connectivity index (χ0v) is 11.6. The van der Waals surface area contributed by atoms with E-state index in [1.807, 2.05) is 0 Å². The van der Waals surface area contributed by atoms with Crippen LogP contribution in [0.2, 0.25) is 0 Å². The molecule has 0 aromatic carbocycles. The van der Waals surface area contributed by atoms with Crippen molar-refractivity contribution < 1.29 is 0 Å². The third kappa shape index (κ3) is 3.94. The average Bonchev–Trinajstić information content (AvgIpc) is 2.84. The molecule has 1 aliphatic carbocycles. The second kappa shape index (κ2) is 6.17. The van der Waals surface area contributed by atoms with Gasteiger partial charge in [0.1, 0.15) is 0 Å². The zero-order chi connectivity index (χ0) is 12.1. The molecule has 0 aromatic heterocycles. The maximum Gasteiger partial charge on any atom is 0.0481 e. The molecule has 0 spiro atoms. The van der Waals surface area contributed by atoms with Crippen LogP contribution in [0, 0.1) is 11.3 Å². The smallest absolute Gasteiger partial charge is 0.0481 e. The summed E-state index contributed by atoms with van der Waals surface area (Å²) in [5.74, 6) is 0.943. The van der Waals surface area contributed by atoms with Crippen molar-refractivity contribution in [2.75, 3.05) is 39.4 Å². The van der Waals surface area contributed by atoms with Gasteiger partial charge in [0.15, 0.2) is 0 Å². The Kier molecular flexibility index (Phi) is 4.83. The van der Waals surface area contributed by atoms with Crippen LogP contribution in [0.5, 0.6) is 0 Å². The quantitative estimate of drug-likeness (QED) is 0.764. The van der Waals surface area contributed by atoms with Gasteiger partial charge in [0.05, 0.1) is 0 Å². The van der Waals surface area contributed by atoms with Crippen LogP contribution in [-0.2, 0) is 0 Å². The monoisotopic (exact) mass is 239 g/mol. The minimum absolute atomic E-state index is 0.477. The van der Waals surface area contributed by atoms with E-state index in [-0.39, 0.29) is 0 Å². The molecule has 0 aromatic rings. The van der Waals surface area contributed by atoms with E-state index in [0.717, 1.165) is 25.7 Å². The fraction of sp³-hybridized carbons (Fsp3) is 1.00. The summed E-state index contributed by atoms with van der Waals surface area (Å²) in [6, 6.07) is 0. The summed E-state index contributed by atoms with van der Waals surface area (Å²) >= 11 is 0. The first-order chi connectivity index (χ1) is 8.18. The summed E-state index contributed by atoms with van der Waals surface area (Å²) in [5.41, 5.74) is 0.477. The molecule has 2 fully saturated rings. The summed E-state index contributed by atoms with van der Waals surface area (Å²) < 4.78 is 0. The van der Waals surface area contributed by atoms with Crippen molar-refractivity contribution in [2.45, 2.75) is 39.5 Å². The lowest BCUT2D eigenvalue weighted by Crippen LogP contribution is -2.48. The van der Waals surface area contributed by atoms with Crippen molar-refractivity contribution in [3.63, 3.8) is 0 Å². The highest BCUT2D eigenvalue weighted by Crippen LogP contribution is 2.38. The molecule has 1 aliphatic heterocycles. The Labute approximate surface area is 106 Å². The fourth-order valence-corrected chi connectivity index (χ4v) is 3.26. The second-order valence-corrected chi connectivity index (χ2v) is 6.42. The van der Waals surface area contributed by atoms with Gasteiger partial charge in [-0.3, -0.25) is 4.90 Å². The first kappa shape index (κ1) is 13.3. The first-order valence-electron chi connectivity index (χ1n) is 7.32. The van der Waals surface area contributed by atoms with Crippen LogP contribution in [0.1, 0.15) is 39.5 Å². The van der Waals surface area contributed by atoms with Crippen molar-refractivity contribution >= 4 is 0 Å². The Balaban J connectivity index is 1.65. The summed E-state index contributed by atoms with van der Waals surface area (Å²) in [5, 5.41) is 7.07. The zero-order valence-electron chi connectivity index (χ0n) is 11.6. The maximum absolute atomic E-state index is 3.67. The van der Waals surface area contributed by atoms with E-state index in [9.17, 15) is 0 Å². The molecular weight excluding hydrogens is 210 g/mol. The third-order valence-electron chi connectivity index (χ3n) is 4.59. The lowest BCUT2D eigenvalue weighted by Gasteiger charge is -2.34. The molecule has 1 saturated carbocycles. The fourth-order valence-electron chi connectivity index (χ4n) is 3.26. The van der Waals surface area contributed by atoms with Crippen LogP contribution in [0.15, 0.2) is 0 Å². The standard InChI is InChI=1S/C14H29N3/c1-14(2,13-5-3-4-6-13)11-16-12-17-9-7-15-8-10-17/h13,15-16H,3-12H2,1-2H3. The lowest BCUT2D eigenvalue weighted by molar-refractivity contribution is 0.172. The molecule has 3 nitrogen and oxygen atoms in total. The number of hydrogen-bond donors (Lipinski definition) is 2. The molecule has 0 bridgehead atoms.